The highest BCUT2D eigenvalue weighted by molar-refractivity contribution is 5.37. The number of rotatable bonds is 4. The molecule has 1 aromatic carbocycles. The summed E-state index contributed by atoms with van der Waals surface area (Å²) in [7, 11) is 2.08. The molecule has 1 saturated carbocycles. The molecule has 1 aliphatic carbocycles. The van der Waals surface area contributed by atoms with Gasteiger partial charge in [0.05, 0.1) is 6.61 Å². The van der Waals surface area contributed by atoms with Gasteiger partial charge in [-0.3, -0.25) is 0 Å². The fourth-order valence-electron chi connectivity index (χ4n) is 2.92. The van der Waals surface area contributed by atoms with Crippen LogP contribution in [0, 0.1) is 0 Å². The van der Waals surface area contributed by atoms with E-state index in [1.165, 1.54) is 31.2 Å². The first-order chi connectivity index (χ1) is 8.36. The van der Waals surface area contributed by atoms with Gasteiger partial charge in [-0.1, -0.05) is 31.0 Å². The zero-order valence-electron chi connectivity index (χ0n) is 10.9. The Hall–Kier alpha value is -1.02. The SMILES string of the molecule is CCOc1ccccc1C1CCCCC1NC. The molecule has 2 unspecified atom stereocenters. The molecule has 0 spiro atoms. The van der Waals surface area contributed by atoms with Crippen LogP contribution in [0.3, 0.4) is 0 Å². The molecule has 2 nitrogen and oxygen atoms in total. The van der Waals surface area contributed by atoms with Crippen LogP contribution in [0.5, 0.6) is 5.75 Å². The molecule has 0 radical (unpaired) electrons. The summed E-state index contributed by atoms with van der Waals surface area (Å²) in [6, 6.07) is 9.11. The van der Waals surface area contributed by atoms with Gasteiger partial charge in [0, 0.05) is 12.0 Å². The van der Waals surface area contributed by atoms with E-state index >= 15 is 0 Å². The molecule has 2 heteroatoms. The van der Waals surface area contributed by atoms with Crippen molar-refractivity contribution >= 4 is 0 Å². The van der Waals surface area contributed by atoms with E-state index in [2.05, 4.69) is 36.6 Å². The summed E-state index contributed by atoms with van der Waals surface area (Å²) in [5.41, 5.74) is 1.38. The van der Waals surface area contributed by atoms with E-state index < -0.39 is 0 Å². The van der Waals surface area contributed by atoms with Gasteiger partial charge in [-0.05, 0) is 38.4 Å². The lowest BCUT2D eigenvalue weighted by Crippen LogP contribution is -2.34. The van der Waals surface area contributed by atoms with E-state index in [1.54, 1.807) is 0 Å². The Balaban J connectivity index is 2.24. The summed E-state index contributed by atoms with van der Waals surface area (Å²) in [6.07, 6.45) is 5.24. The van der Waals surface area contributed by atoms with Gasteiger partial charge in [-0.15, -0.1) is 0 Å². The quantitative estimate of drug-likeness (QED) is 0.861. The first-order valence-electron chi connectivity index (χ1n) is 6.75. The third kappa shape index (κ3) is 2.81. The van der Waals surface area contributed by atoms with Crippen molar-refractivity contribution in [1.82, 2.24) is 5.32 Å². The molecule has 2 atom stereocenters. The van der Waals surface area contributed by atoms with Crippen molar-refractivity contribution in [1.29, 1.82) is 0 Å². The molecule has 0 heterocycles. The van der Waals surface area contributed by atoms with Crippen LogP contribution in [-0.4, -0.2) is 19.7 Å². The van der Waals surface area contributed by atoms with Crippen molar-refractivity contribution in [3.63, 3.8) is 0 Å². The maximum Gasteiger partial charge on any atom is 0.122 e. The average Bonchev–Trinajstić information content (AvgIpc) is 2.40. The number of ether oxygens (including phenoxy) is 1. The molecule has 1 fully saturated rings. The number of hydrogen-bond acceptors (Lipinski definition) is 2. The number of benzene rings is 1. The van der Waals surface area contributed by atoms with Crippen molar-refractivity contribution in [2.45, 2.75) is 44.6 Å². The van der Waals surface area contributed by atoms with Crippen LogP contribution in [-0.2, 0) is 0 Å². The lowest BCUT2D eigenvalue weighted by atomic mass is 9.79. The Morgan fingerprint density at radius 1 is 1.24 bits per heavy atom. The minimum atomic E-state index is 0.602. The van der Waals surface area contributed by atoms with Crippen molar-refractivity contribution < 1.29 is 4.74 Å². The molecule has 2 rings (SSSR count). The second-order valence-electron chi connectivity index (χ2n) is 4.76. The molecular formula is C15H23NO. The monoisotopic (exact) mass is 233 g/mol. The highest BCUT2D eigenvalue weighted by atomic mass is 16.5. The number of likely N-dealkylation sites (N-methyl/N-ethyl adjacent to an activating group) is 1. The summed E-state index contributed by atoms with van der Waals surface area (Å²) in [5.74, 6) is 1.68. The van der Waals surface area contributed by atoms with E-state index in [-0.39, 0.29) is 0 Å². The highest BCUT2D eigenvalue weighted by Gasteiger charge is 2.27. The number of hydrogen-bond donors (Lipinski definition) is 1. The molecule has 0 bridgehead atoms. The van der Waals surface area contributed by atoms with Gasteiger partial charge >= 0.3 is 0 Å². The van der Waals surface area contributed by atoms with Gasteiger partial charge in [-0.25, -0.2) is 0 Å². The smallest absolute Gasteiger partial charge is 0.122 e. The fraction of sp³-hybridized carbons (Fsp3) is 0.600. The van der Waals surface area contributed by atoms with Crippen LogP contribution >= 0.6 is 0 Å². The summed E-state index contributed by atoms with van der Waals surface area (Å²) in [5, 5.41) is 3.47. The summed E-state index contributed by atoms with van der Waals surface area (Å²) in [6.45, 7) is 2.79. The Labute approximate surface area is 104 Å². The maximum absolute atomic E-state index is 5.76. The first kappa shape index (κ1) is 12.4. The van der Waals surface area contributed by atoms with Crippen molar-refractivity contribution in [3.8, 4) is 5.75 Å². The molecule has 1 N–H and O–H groups in total. The topological polar surface area (TPSA) is 21.3 Å². The van der Waals surface area contributed by atoms with E-state index in [1.807, 2.05) is 6.92 Å². The second kappa shape index (κ2) is 6.06. The zero-order chi connectivity index (χ0) is 12.1. The molecular weight excluding hydrogens is 210 g/mol. The van der Waals surface area contributed by atoms with Gasteiger partial charge in [0.15, 0.2) is 0 Å². The van der Waals surface area contributed by atoms with Crippen LogP contribution in [0.25, 0.3) is 0 Å². The van der Waals surface area contributed by atoms with Gasteiger partial charge in [0.25, 0.3) is 0 Å². The average molecular weight is 233 g/mol. The standard InChI is InChI=1S/C15H23NO/c1-3-17-15-11-7-5-9-13(15)12-8-4-6-10-14(12)16-2/h5,7,9,11-12,14,16H,3-4,6,8,10H2,1-2H3. The Morgan fingerprint density at radius 2 is 2.00 bits per heavy atom. The minimum absolute atomic E-state index is 0.602. The molecule has 0 aliphatic heterocycles. The lowest BCUT2D eigenvalue weighted by Gasteiger charge is -2.32. The normalized spacial score (nSPS) is 24.6. The highest BCUT2D eigenvalue weighted by Crippen LogP contribution is 2.37. The lowest BCUT2D eigenvalue weighted by molar-refractivity contribution is 0.309. The molecule has 0 saturated heterocycles. The number of nitrogens with one attached hydrogen (secondary N) is 1. The predicted molar refractivity (Wildman–Crippen MR) is 71.7 cm³/mol. The van der Waals surface area contributed by atoms with Gasteiger partial charge in [0.1, 0.15) is 5.75 Å². The predicted octanol–water partition coefficient (Wildman–Crippen LogP) is 3.33. The Morgan fingerprint density at radius 3 is 2.76 bits per heavy atom. The van der Waals surface area contributed by atoms with Crippen LogP contribution in [0.4, 0.5) is 0 Å². The van der Waals surface area contributed by atoms with Gasteiger partial charge in [-0.2, -0.15) is 0 Å². The van der Waals surface area contributed by atoms with E-state index in [9.17, 15) is 0 Å². The fourth-order valence-corrected chi connectivity index (χ4v) is 2.92. The van der Waals surface area contributed by atoms with E-state index in [0.717, 1.165) is 12.4 Å². The van der Waals surface area contributed by atoms with Crippen LogP contribution in [0.1, 0.15) is 44.1 Å². The summed E-state index contributed by atoms with van der Waals surface area (Å²) < 4.78 is 5.76. The van der Waals surface area contributed by atoms with Crippen molar-refractivity contribution in [2.75, 3.05) is 13.7 Å². The van der Waals surface area contributed by atoms with Crippen molar-refractivity contribution in [2.24, 2.45) is 0 Å². The first-order valence-corrected chi connectivity index (χ1v) is 6.75. The summed E-state index contributed by atoms with van der Waals surface area (Å²) >= 11 is 0. The maximum atomic E-state index is 5.76. The third-order valence-electron chi connectivity index (χ3n) is 3.76. The van der Waals surface area contributed by atoms with Crippen molar-refractivity contribution in [3.05, 3.63) is 29.8 Å². The third-order valence-corrected chi connectivity index (χ3v) is 3.76. The van der Waals surface area contributed by atoms with E-state index in [4.69, 9.17) is 4.74 Å². The van der Waals surface area contributed by atoms with Gasteiger partial charge < -0.3 is 10.1 Å². The number of para-hydroxylation sites is 1. The van der Waals surface area contributed by atoms with Crippen LogP contribution in [0.15, 0.2) is 24.3 Å². The van der Waals surface area contributed by atoms with Crippen LogP contribution < -0.4 is 10.1 Å². The molecule has 94 valence electrons. The summed E-state index contributed by atoms with van der Waals surface area (Å²) in [4.78, 5) is 0. The molecule has 1 aromatic rings. The zero-order valence-corrected chi connectivity index (χ0v) is 10.9. The van der Waals surface area contributed by atoms with Crippen LogP contribution in [0.2, 0.25) is 0 Å². The van der Waals surface area contributed by atoms with Gasteiger partial charge in [0.2, 0.25) is 0 Å². The molecule has 17 heavy (non-hydrogen) atoms. The molecule has 0 aromatic heterocycles. The minimum Gasteiger partial charge on any atom is -0.494 e. The second-order valence-corrected chi connectivity index (χ2v) is 4.76. The molecule has 0 amide bonds. The Kier molecular flexibility index (Phi) is 4.43. The van der Waals surface area contributed by atoms with E-state index in [0.29, 0.717) is 12.0 Å². The largest absolute Gasteiger partial charge is 0.494 e. The Bertz CT molecular complexity index is 351. The molecule has 1 aliphatic rings.